The van der Waals surface area contributed by atoms with Crippen LogP contribution < -0.4 is 0 Å². The number of carbonyl (C=O) groups is 5. The number of rotatable bonds is 4. The van der Waals surface area contributed by atoms with Crippen LogP contribution in [0.5, 0.6) is 0 Å². The average molecular weight is 1840 g/mol. The Hall–Kier alpha value is -4.01. The summed E-state index contributed by atoms with van der Waals surface area (Å²) in [6.45, 7) is 34.3. The van der Waals surface area contributed by atoms with Crippen LogP contribution in [0.3, 0.4) is 0 Å². The number of aliphatic hydroxyl groups is 8. The van der Waals surface area contributed by atoms with E-state index >= 15 is 0 Å². The maximum Gasteiger partial charge on any atom is 0.382 e. The minimum atomic E-state index is -1.16. The molecule has 30 aliphatic carbocycles. The number of hydrogen-bond donors (Lipinski definition) is 9. The Balaban J connectivity index is 0.0000000878. The van der Waals surface area contributed by atoms with Gasteiger partial charge in [-0.1, -0.05) is 132 Å². The fourth-order valence-corrected chi connectivity index (χ4v) is 47.3. The number of allylic oxidation sites excluding steroid dienone is 2. The Morgan fingerprint density at radius 1 is 0.341 bits per heavy atom. The van der Waals surface area contributed by atoms with Crippen LogP contribution in [0.2, 0.25) is 0 Å². The molecular weight excluding hydrogens is 1680 g/mol. The molecule has 30 rings (SSSR count). The molecule has 28 fully saturated rings. The molecule has 15 unspecified atom stereocenters. The van der Waals surface area contributed by atoms with Crippen molar-refractivity contribution in [3.05, 3.63) is 23.3 Å². The van der Waals surface area contributed by atoms with Gasteiger partial charge in [-0.25, -0.2) is 4.79 Å². The minimum absolute atomic E-state index is 0.0278. The lowest BCUT2D eigenvalue weighted by atomic mass is 9.41. The topological polar surface area (TPSA) is 267 Å². The van der Waals surface area contributed by atoms with E-state index in [9.17, 15) is 64.8 Å². The lowest BCUT2D eigenvalue weighted by molar-refractivity contribution is -0.231. The quantitative estimate of drug-likeness (QED) is 0.119. The van der Waals surface area contributed by atoms with E-state index in [1.807, 2.05) is 26.0 Å². The molecule has 0 radical (unpaired) electrons. The number of hydrogen-bond acceptors (Lipinski definition) is 13. The summed E-state index contributed by atoms with van der Waals surface area (Å²) in [5.41, 5.74) is -2.52. The predicted molar refractivity (Wildman–Crippen MR) is 513 cm³/mol. The summed E-state index contributed by atoms with van der Waals surface area (Å²) in [5.74, 6) is 39.1. The molecule has 28 saturated carbocycles. The fourth-order valence-electron chi connectivity index (χ4n) is 47.3. The summed E-state index contributed by atoms with van der Waals surface area (Å²) in [6.07, 6.45) is 41.8. The molecule has 0 aromatic heterocycles. The first-order valence-corrected chi connectivity index (χ1v) is 56.7. The third-order valence-corrected chi connectivity index (χ3v) is 53.8. The van der Waals surface area contributed by atoms with Gasteiger partial charge in [0.1, 0.15) is 28.4 Å². The number of ketones is 4. The summed E-state index contributed by atoms with van der Waals surface area (Å²) >= 11 is 0. The van der Waals surface area contributed by atoms with Crippen LogP contribution in [-0.4, -0.2) is 120 Å². The normalized spacial score (nSPS) is 63.4. The molecule has 54 atom stereocenters. The molecule has 0 spiro atoms. The van der Waals surface area contributed by atoms with Gasteiger partial charge in [0.2, 0.25) is 0 Å². The maximum atomic E-state index is 12.2. The monoisotopic (exact) mass is 1840 g/mol. The molecule has 30 aliphatic rings. The van der Waals surface area contributed by atoms with Gasteiger partial charge in [0.25, 0.3) is 0 Å². The molecule has 0 aliphatic heterocycles. The number of aliphatic carboxylic acids is 1. The van der Waals surface area contributed by atoms with Crippen LogP contribution in [0.4, 0.5) is 0 Å². The fraction of sp³-hybridized carbons (Fsp3) is 0.876. The summed E-state index contributed by atoms with van der Waals surface area (Å²) in [6, 6.07) is 0. The Kier molecular flexibility index (Phi) is 18.9. The first kappa shape index (κ1) is 91.0. The Morgan fingerprint density at radius 2 is 0.652 bits per heavy atom. The van der Waals surface area contributed by atoms with Gasteiger partial charge < -0.3 is 46.0 Å². The molecule has 0 amide bonds. The van der Waals surface area contributed by atoms with Crippen molar-refractivity contribution in [2.24, 2.45) is 267 Å². The van der Waals surface area contributed by atoms with Crippen LogP contribution in [0.1, 0.15) is 341 Å². The van der Waals surface area contributed by atoms with Crippen molar-refractivity contribution in [1.82, 2.24) is 0 Å². The van der Waals surface area contributed by atoms with E-state index in [-0.39, 0.29) is 71.6 Å². The Morgan fingerprint density at radius 3 is 1.02 bits per heavy atom. The van der Waals surface area contributed by atoms with Crippen LogP contribution in [0.25, 0.3) is 0 Å². The number of carbonyl (C=O) groups excluding carboxylic acids is 4. The lowest BCUT2D eigenvalue weighted by Gasteiger charge is -2.65. The van der Waals surface area contributed by atoms with E-state index in [0.717, 1.165) is 176 Å². The summed E-state index contributed by atoms with van der Waals surface area (Å²) in [4.78, 5) is 59.8. The van der Waals surface area contributed by atoms with Crippen molar-refractivity contribution >= 4 is 29.1 Å². The van der Waals surface area contributed by atoms with Crippen molar-refractivity contribution in [2.45, 2.75) is 386 Å². The van der Waals surface area contributed by atoms with Gasteiger partial charge in [-0.2, -0.15) is 0 Å². The Labute approximate surface area is 806 Å². The molecule has 14 heteroatoms. The zero-order valence-electron chi connectivity index (χ0n) is 84.7. The second kappa shape index (κ2) is 28.0. The van der Waals surface area contributed by atoms with Crippen LogP contribution in [0, 0.1) is 303 Å². The van der Waals surface area contributed by atoms with Crippen molar-refractivity contribution in [2.75, 3.05) is 0 Å². The molecule has 0 aromatic carbocycles. The molecule has 14 nitrogen and oxygen atoms in total. The van der Waals surface area contributed by atoms with Crippen molar-refractivity contribution in [3.8, 4) is 35.5 Å². The zero-order chi connectivity index (χ0) is 94.6. The highest BCUT2D eigenvalue weighted by Crippen LogP contribution is 2.89. The lowest BCUT2D eigenvalue weighted by Crippen LogP contribution is -2.65. The predicted octanol–water partition coefficient (Wildman–Crippen LogP) is 19.2. The van der Waals surface area contributed by atoms with Crippen molar-refractivity contribution < 1.29 is 69.9 Å². The third-order valence-electron chi connectivity index (χ3n) is 53.8. The number of carboxylic acids is 1. The second-order valence-electron chi connectivity index (χ2n) is 57.6. The summed E-state index contributed by atoms with van der Waals surface area (Å²) in [5, 5.41) is 103. The molecule has 9 N–H and O–H groups in total. The van der Waals surface area contributed by atoms with E-state index in [2.05, 4.69) is 126 Å². The summed E-state index contributed by atoms with van der Waals surface area (Å²) < 4.78 is 0. The molecule has 135 heavy (non-hydrogen) atoms. The number of fused-ring (bicyclic) bond motifs is 50. The SMILES string of the molecule is CC#C[C@]1(O)[C@H]2C[C@H]2C2C3C(CC[C@@]21C)[C@@]1(C)CCC(=O)C=C1[C@@H]1C[C@H]31.CC#C[C@]1(O)[C@H]2C[C@H]2C2C3C(CC[C@@]21C)[C@@]1(C)CCC(=O)C[C@@]1(O)[C@@H]1C[C@H]31.CCC[C@]1(O)[C@H]2C[C@H]2C2C3C(CC[C@@]21C)[C@@]1(C)CCC(=O)C[C@@]1(O)[C@@H]1C[C@H]31.CCC[C@]1(O)[C@H]2C[C@H]2C2C3C(CC[C@@]21C)[C@@]1(C)CC[C@H](C)C[C@@]1(O)[C@@H]1C[C@H]31.C[C@]12CCC(=O)C=C1[C@@H]1C[C@@H]1C1C2CC[C@@]2(C)C1[C@@H]1C[C@@H]1[C@@]2(O)C#CC(=O)O. The van der Waals surface area contributed by atoms with Crippen molar-refractivity contribution in [1.29, 1.82) is 0 Å². The van der Waals surface area contributed by atoms with Crippen molar-refractivity contribution in [3.63, 3.8) is 0 Å². The highest BCUT2D eigenvalue weighted by Gasteiger charge is 2.88. The van der Waals surface area contributed by atoms with Crippen LogP contribution >= 0.6 is 0 Å². The first-order chi connectivity index (χ1) is 63.7. The highest BCUT2D eigenvalue weighted by molar-refractivity contribution is 5.93. The van der Waals surface area contributed by atoms with Gasteiger partial charge in [-0.3, -0.25) is 19.2 Å². The molecule has 734 valence electrons. The van der Waals surface area contributed by atoms with E-state index < -0.39 is 50.8 Å². The van der Waals surface area contributed by atoms with E-state index in [1.165, 1.54) is 81.8 Å². The standard InChI is InChI=1S/C25H40O2.C24H28O4.C24H36O3.C24H32O3.C24H30O2/c1-5-8-24(26)19-12-16(19)21-20-15-11-18(15)25(27)13-14(2)6-9-22(25,3)17(20)7-10-23(21,24)4;1-22-6-3-12(25)9-17(22)13-10-14(13)20-16(22)4-7-23(2)21(20)15-11-18(15)24(23,28)8-5-19(26)27;2*1-4-7-23(26)18-11-15(18)20-19-14-10-17(14)24(27)12-13(25)5-8-21(24,2)16(19)6-9-22(20,23)3;1-4-7-24(26)19-12-16(19)21-20-15-11-14(15)18-10-13(25)5-8-22(18,2)17(20)6-9-23(21,24)3/h14-21,26-27H,5-13H2,1-4H3;9,13-16,18,20-21,28H,3-4,6-7,10-11H2,1-2H3,(H,26,27);14-20,26-27H,4-12H2,1-3H3;14-20,26-27H,5-6,8-12H2,1-3H3;10,14-17,19-21,26H,5-6,8-9,11-12H2,1-3H3/t14-,15-,16+,17?,18+,19-,20?,21?,22+,23-,24-,25+;13-,14+,15-,16?,18+,20?,21?,22-,23+,24+;2*14-,15+,16?,17+,18-,19?,20?,21+,22-,23-,24+;14-,15+,16-,17?,19+,20?,21?,22-,23+,24+/m01001/s1. The van der Waals surface area contributed by atoms with E-state index in [1.54, 1.807) is 0 Å². The van der Waals surface area contributed by atoms with E-state index in [4.69, 9.17) is 5.11 Å². The zero-order valence-corrected chi connectivity index (χ0v) is 84.7. The second-order valence-corrected chi connectivity index (χ2v) is 57.6. The molecule has 0 saturated heterocycles. The van der Waals surface area contributed by atoms with Gasteiger partial charge >= 0.3 is 5.97 Å². The minimum Gasteiger partial charge on any atom is -0.472 e. The maximum absolute atomic E-state index is 12.2. The van der Waals surface area contributed by atoms with Gasteiger partial charge in [0.05, 0.1) is 28.0 Å². The molecule has 0 aromatic rings. The summed E-state index contributed by atoms with van der Waals surface area (Å²) in [7, 11) is 0. The first-order valence-electron chi connectivity index (χ1n) is 56.7. The Bertz CT molecular complexity index is 5430. The number of carboxylic acid groups (broad SMARTS) is 1. The number of Topliss-reactive ketones (excluding diaryl/α,β-unsaturated/α-hetero) is 2. The third kappa shape index (κ3) is 10.9. The highest BCUT2D eigenvalue weighted by atomic mass is 16.4. The molecule has 0 heterocycles. The average Bonchev–Trinajstić information content (AvgIpc) is 1.49. The van der Waals surface area contributed by atoms with E-state index in [0.29, 0.717) is 209 Å². The largest absolute Gasteiger partial charge is 0.472 e. The van der Waals surface area contributed by atoms with Crippen LogP contribution in [0.15, 0.2) is 23.3 Å². The van der Waals surface area contributed by atoms with Gasteiger partial charge in [-0.05, 0) is 435 Å². The molecule has 0 bridgehead atoms. The molecular formula is C121H166O14. The van der Waals surface area contributed by atoms with Crippen LogP contribution in [-0.2, 0) is 24.0 Å². The van der Waals surface area contributed by atoms with Gasteiger partial charge in [-0.15, -0.1) is 11.8 Å². The van der Waals surface area contributed by atoms with Gasteiger partial charge in [0, 0.05) is 89.3 Å². The smallest absolute Gasteiger partial charge is 0.382 e. The van der Waals surface area contributed by atoms with Gasteiger partial charge in [0.15, 0.2) is 11.6 Å².